The van der Waals surface area contributed by atoms with Gasteiger partial charge < -0.3 is 0 Å². The largest absolute Gasteiger partial charge is 0.299 e. The number of carbonyl (C=O) groups is 2. The second-order valence-corrected chi connectivity index (χ2v) is 7.66. The average molecular weight is 405 g/mol. The fourth-order valence-electron chi connectivity index (χ4n) is 3.85. The molecule has 4 rings (SSSR count). The van der Waals surface area contributed by atoms with Gasteiger partial charge in [-0.25, -0.2) is 9.07 Å². The van der Waals surface area contributed by atoms with Crippen LogP contribution in [-0.2, 0) is 22.6 Å². The van der Waals surface area contributed by atoms with Crippen LogP contribution in [0, 0.1) is 12.7 Å². The van der Waals surface area contributed by atoms with Gasteiger partial charge in [-0.05, 0) is 30.5 Å². The summed E-state index contributed by atoms with van der Waals surface area (Å²) in [6.45, 7) is 3.39. The molecule has 0 saturated heterocycles. The van der Waals surface area contributed by atoms with Gasteiger partial charge in [0.2, 0.25) is 5.91 Å². The Bertz CT molecular complexity index is 1070. The molecule has 0 fully saturated rings. The molecule has 0 spiro atoms. The number of aromatic nitrogens is 2. The SMILES string of the molecule is Cc1cc2n(n1)CCCN2C(=O)CCC(=O)Cc1ccc(-c2ccccc2F)cc1. The molecule has 3 aromatic rings. The number of hydrogen-bond acceptors (Lipinski definition) is 3. The van der Waals surface area contributed by atoms with Crippen molar-refractivity contribution in [1.82, 2.24) is 9.78 Å². The Morgan fingerprint density at radius 3 is 2.57 bits per heavy atom. The molecular weight excluding hydrogens is 381 g/mol. The van der Waals surface area contributed by atoms with Crippen LogP contribution in [0.25, 0.3) is 11.1 Å². The Morgan fingerprint density at radius 1 is 1.03 bits per heavy atom. The first-order valence-corrected chi connectivity index (χ1v) is 10.2. The molecule has 154 valence electrons. The number of aryl methyl sites for hydroxylation is 2. The molecule has 1 aliphatic heterocycles. The van der Waals surface area contributed by atoms with Gasteiger partial charge in [-0.1, -0.05) is 42.5 Å². The minimum atomic E-state index is -0.269. The first-order chi connectivity index (χ1) is 14.5. The van der Waals surface area contributed by atoms with E-state index in [9.17, 15) is 14.0 Å². The number of anilines is 1. The van der Waals surface area contributed by atoms with E-state index in [2.05, 4.69) is 5.10 Å². The van der Waals surface area contributed by atoms with E-state index in [0.717, 1.165) is 35.6 Å². The molecule has 0 bridgehead atoms. The van der Waals surface area contributed by atoms with Crippen molar-refractivity contribution >= 4 is 17.5 Å². The molecule has 5 nitrogen and oxygen atoms in total. The second-order valence-electron chi connectivity index (χ2n) is 7.66. The molecule has 0 unspecified atom stereocenters. The molecule has 0 aliphatic carbocycles. The van der Waals surface area contributed by atoms with E-state index >= 15 is 0 Å². The molecule has 1 amide bonds. The highest BCUT2D eigenvalue weighted by atomic mass is 19.1. The van der Waals surface area contributed by atoms with Crippen molar-refractivity contribution in [2.24, 2.45) is 0 Å². The fraction of sp³-hybridized carbons (Fsp3) is 0.292. The summed E-state index contributed by atoms with van der Waals surface area (Å²) in [5, 5.41) is 4.40. The van der Waals surface area contributed by atoms with Crippen molar-refractivity contribution in [3.05, 3.63) is 71.7 Å². The Kier molecular flexibility index (Phi) is 5.74. The topological polar surface area (TPSA) is 55.2 Å². The normalized spacial score (nSPS) is 13.2. The van der Waals surface area contributed by atoms with Crippen LogP contribution in [0.3, 0.4) is 0 Å². The van der Waals surface area contributed by atoms with Crippen LogP contribution in [-0.4, -0.2) is 28.0 Å². The number of rotatable bonds is 6. The standard InChI is InChI=1S/C24H24FN3O2/c1-17-15-23-27(13-4-14-28(23)26-17)24(30)12-11-20(29)16-18-7-9-19(10-8-18)21-5-2-3-6-22(21)25/h2-3,5-10,15H,4,11-14,16H2,1H3. The number of amides is 1. The summed E-state index contributed by atoms with van der Waals surface area (Å²) in [4.78, 5) is 26.8. The van der Waals surface area contributed by atoms with Crippen LogP contribution in [0.4, 0.5) is 10.2 Å². The molecule has 0 N–H and O–H groups in total. The van der Waals surface area contributed by atoms with Crippen molar-refractivity contribution < 1.29 is 14.0 Å². The van der Waals surface area contributed by atoms with Gasteiger partial charge >= 0.3 is 0 Å². The lowest BCUT2D eigenvalue weighted by Crippen LogP contribution is -2.37. The number of ketones is 1. The van der Waals surface area contributed by atoms with Crippen LogP contribution in [0.2, 0.25) is 0 Å². The highest BCUT2D eigenvalue weighted by Crippen LogP contribution is 2.24. The summed E-state index contributed by atoms with van der Waals surface area (Å²) in [5.74, 6) is 0.525. The van der Waals surface area contributed by atoms with E-state index < -0.39 is 0 Å². The number of carbonyl (C=O) groups excluding carboxylic acids is 2. The van der Waals surface area contributed by atoms with Gasteiger partial charge in [0.05, 0.1) is 5.69 Å². The highest BCUT2D eigenvalue weighted by Gasteiger charge is 2.24. The predicted octanol–water partition coefficient (Wildman–Crippen LogP) is 4.33. The van der Waals surface area contributed by atoms with Gasteiger partial charge in [0.25, 0.3) is 0 Å². The molecular formula is C24H24FN3O2. The molecule has 0 radical (unpaired) electrons. The maximum absolute atomic E-state index is 13.9. The first kappa shape index (κ1) is 20.0. The molecule has 6 heteroatoms. The summed E-state index contributed by atoms with van der Waals surface area (Å²) < 4.78 is 15.8. The van der Waals surface area contributed by atoms with Crippen molar-refractivity contribution in [1.29, 1.82) is 0 Å². The van der Waals surface area contributed by atoms with Crippen LogP contribution >= 0.6 is 0 Å². The monoisotopic (exact) mass is 405 g/mol. The van der Waals surface area contributed by atoms with Crippen LogP contribution in [0.5, 0.6) is 0 Å². The number of nitrogens with zero attached hydrogens (tertiary/aromatic N) is 3. The zero-order valence-corrected chi connectivity index (χ0v) is 17.0. The molecule has 1 aliphatic rings. The minimum absolute atomic E-state index is 0.0173. The average Bonchev–Trinajstić information content (AvgIpc) is 3.13. The Morgan fingerprint density at radius 2 is 1.80 bits per heavy atom. The minimum Gasteiger partial charge on any atom is -0.299 e. The highest BCUT2D eigenvalue weighted by molar-refractivity contribution is 5.95. The van der Waals surface area contributed by atoms with Crippen LogP contribution in [0.15, 0.2) is 54.6 Å². The summed E-state index contributed by atoms with van der Waals surface area (Å²) in [6, 6.07) is 15.9. The molecule has 0 saturated carbocycles. The summed E-state index contributed by atoms with van der Waals surface area (Å²) >= 11 is 0. The van der Waals surface area contributed by atoms with Crippen LogP contribution < -0.4 is 4.90 Å². The van der Waals surface area contributed by atoms with Gasteiger partial charge in [0, 0.05) is 44.0 Å². The van der Waals surface area contributed by atoms with Crippen molar-refractivity contribution in [2.75, 3.05) is 11.4 Å². The van der Waals surface area contributed by atoms with E-state index in [1.54, 1.807) is 23.1 Å². The zero-order chi connectivity index (χ0) is 21.1. The maximum Gasteiger partial charge on any atom is 0.228 e. The fourth-order valence-corrected chi connectivity index (χ4v) is 3.85. The third-order valence-corrected chi connectivity index (χ3v) is 5.37. The van der Waals surface area contributed by atoms with Crippen molar-refractivity contribution in [2.45, 2.75) is 39.2 Å². The van der Waals surface area contributed by atoms with E-state index in [-0.39, 0.29) is 36.8 Å². The Labute approximate surface area is 175 Å². The first-order valence-electron chi connectivity index (χ1n) is 10.2. The third kappa shape index (κ3) is 4.32. The number of hydrogen-bond donors (Lipinski definition) is 0. The van der Waals surface area contributed by atoms with Gasteiger partial charge in [-0.15, -0.1) is 0 Å². The van der Waals surface area contributed by atoms with Crippen LogP contribution in [0.1, 0.15) is 30.5 Å². The van der Waals surface area contributed by atoms with Gasteiger partial charge in [-0.2, -0.15) is 5.10 Å². The smallest absolute Gasteiger partial charge is 0.228 e. The third-order valence-electron chi connectivity index (χ3n) is 5.37. The number of fused-ring (bicyclic) bond motifs is 1. The maximum atomic E-state index is 13.9. The van der Waals surface area contributed by atoms with E-state index in [1.807, 2.05) is 41.9 Å². The molecule has 30 heavy (non-hydrogen) atoms. The molecule has 2 aromatic carbocycles. The summed E-state index contributed by atoms with van der Waals surface area (Å²) in [5.41, 5.74) is 3.06. The van der Waals surface area contributed by atoms with E-state index in [1.165, 1.54) is 6.07 Å². The lowest BCUT2D eigenvalue weighted by molar-refractivity contribution is -0.123. The predicted molar refractivity (Wildman–Crippen MR) is 114 cm³/mol. The Hall–Kier alpha value is -3.28. The lowest BCUT2D eigenvalue weighted by atomic mass is 10.0. The van der Waals surface area contributed by atoms with E-state index in [0.29, 0.717) is 12.1 Å². The quantitative estimate of drug-likeness (QED) is 0.614. The number of Topliss-reactive ketones (excluding diaryl/α,β-unsaturated/α-hetero) is 1. The molecule has 2 heterocycles. The number of benzene rings is 2. The van der Waals surface area contributed by atoms with Gasteiger partial charge in [0.1, 0.15) is 17.4 Å². The van der Waals surface area contributed by atoms with Crippen molar-refractivity contribution in [3.8, 4) is 11.1 Å². The Balaban J connectivity index is 1.33. The van der Waals surface area contributed by atoms with Crippen molar-refractivity contribution in [3.63, 3.8) is 0 Å². The van der Waals surface area contributed by atoms with Gasteiger partial charge in [-0.3, -0.25) is 14.5 Å². The summed E-state index contributed by atoms with van der Waals surface area (Å²) in [6.07, 6.45) is 1.53. The summed E-state index contributed by atoms with van der Waals surface area (Å²) in [7, 11) is 0. The second kappa shape index (κ2) is 8.61. The molecule has 0 atom stereocenters. The van der Waals surface area contributed by atoms with E-state index in [4.69, 9.17) is 0 Å². The number of halogens is 1. The molecule has 1 aromatic heterocycles. The van der Waals surface area contributed by atoms with Gasteiger partial charge in [0.15, 0.2) is 0 Å². The zero-order valence-electron chi connectivity index (χ0n) is 17.0. The lowest BCUT2D eigenvalue weighted by Gasteiger charge is -2.27.